The fourth-order valence-corrected chi connectivity index (χ4v) is 2.66. The predicted molar refractivity (Wildman–Crippen MR) is 88.9 cm³/mol. The van der Waals surface area contributed by atoms with Crippen LogP contribution < -0.4 is 5.73 Å². The third-order valence-corrected chi connectivity index (χ3v) is 3.86. The van der Waals surface area contributed by atoms with E-state index in [4.69, 9.17) is 10.5 Å². The van der Waals surface area contributed by atoms with Gasteiger partial charge in [0.05, 0.1) is 18.2 Å². The third-order valence-electron chi connectivity index (χ3n) is 3.86. The summed E-state index contributed by atoms with van der Waals surface area (Å²) >= 11 is 0. The van der Waals surface area contributed by atoms with Crippen LogP contribution in [-0.2, 0) is 11.2 Å². The molecule has 1 aliphatic heterocycles. The van der Waals surface area contributed by atoms with Gasteiger partial charge in [0.1, 0.15) is 0 Å². The lowest BCUT2D eigenvalue weighted by Crippen LogP contribution is -2.47. The highest BCUT2D eigenvalue weighted by molar-refractivity contribution is 5.79. The van der Waals surface area contributed by atoms with Crippen LogP contribution in [0.1, 0.15) is 12.6 Å². The van der Waals surface area contributed by atoms with Crippen LogP contribution in [0.5, 0.6) is 0 Å². The number of hydrogen-bond donors (Lipinski definition) is 1. The molecule has 1 saturated heterocycles. The molecule has 0 radical (unpaired) electrons. The van der Waals surface area contributed by atoms with Crippen LogP contribution in [0.25, 0.3) is 10.9 Å². The topological polar surface area (TPSA) is 63.7 Å². The van der Waals surface area contributed by atoms with E-state index in [9.17, 15) is 0 Å². The molecule has 0 amide bonds. The number of morpholine rings is 1. The van der Waals surface area contributed by atoms with Crippen LogP contribution >= 0.6 is 0 Å². The quantitative estimate of drug-likeness (QED) is 0.693. The zero-order chi connectivity index (χ0) is 15.4. The van der Waals surface area contributed by atoms with Crippen LogP contribution in [0, 0.1) is 0 Å². The molecular weight excluding hydrogens is 276 g/mol. The molecule has 2 aromatic rings. The standard InChI is InChI=1S/C17H22N4O/c1-13-12-21(10-11-22-13)17(18)19-9-8-15-7-6-14-4-2-3-5-16(14)20-15/h2-7,13H,8-12H2,1H3,(H2,18,19). The largest absolute Gasteiger partial charge is 0.375 e. The number of benzene rings is 1. The minimum Gasteiger partial charge on any atom is -0.375 e. The van der Waals surface area contributed by atoms with Crippen LogP contribution in [0.2, 0.25) is 0 Å². The van der Waals surface area contributed by atoms with E-state index in [0.717, 1.165) is 36.1 Å². The Hall–Kier alpha value is -2.14. The molecule has 2 N–H and O–H groups in total. The molecule has 0 saturated carbocycles. The molecule has 116 valence electrons. The fourth-order valence-electron chi connectivity index (χ4n) is 2.66. The van der Waals surface area contributed by atoms with Gasteiger partial charge in [0.15, 0.2) is 5.96 Å². The average molecular weight is 298 g/mol. The summed E-state index contributed by atoms with van der Waals surface area (Å²) in [4.78, 5) is 11.2. The molecule has 1 aliphatic rings. The number of aliphatic imine (C=N–C) groups is 1. The minimum absolute atomic E-state index is 0.213. The first-order valence-corrected chi connectivity index (χ1v) is 7.73. The summed E-state index contributed by atoms with van der Waals surface area (Å²) in [6.07, 6.45) is 1.01. The Kier molecular flexibility index (Phi) is 4.53. The van der Waals surface area contributed by atoms with Gasteiger partial charge in [-0.3, -0.25) is 9.98 Å². The van der Waals surface area contributed by atoms with E-state index < -0.39 is 0 Å². The van der Waals surface area contributed by atoms with Crippen molar-refractivity contribution in [3.05, 3.63) is 42.1 Å². The number of hydrogen-bond acceptors (Lipinski definition) is 3. The summed E-state index contributed by atoms with van der Waals surface area (Å²) in [7, 11) is 0. The summed E-state index contributed by atoms with van der Waals surface area (Å²) in [6, 6.07) is 12.3. The summed E-state index contributed by atoms with van der Waals surface area (Å²) in [5, 5.41) is 1.16. The van der Waals surface area contributed by atoms with E-state index in [1.165, 1.54) is 0 Å². The molecule has 1 aromatic heterocycles. The number of para-hydroxylation sites is 1. The lowest BCUT2D eigenvalue weighted by Gasteiger charge is -2.31. The highest BCUT2D eigenvalue weighted by Gasteiger charge is 2.17. The molecule has 5 nitrogen and oxygen atoms in total. The Morgan fingerprint density at radius 1 is 1.36 bits per heavy atom. The molecule has 1 unspecified atom stereocenters. The maximum absolute atomic E-state index is 6.07. The van der Waals surface area contributed by atoms with Crippen LogP contribution in [0.3, 0.4) is 0 Å². The van der Waals surface area contributed by atoms with Gasteiger partial charge in [-0.25, -0.2) is 0 Å². The van der Waals surface area contributed by atoms with E-state index in [1.54, 1.807) is 0 Å². The zero-order valence-electron chi connectivity index (χ0n) is 12.9. The Morgan fingerprint density at radius 2 is 2.23 bits per heavy atom. The minimum atomic E-state index is 0.213. The number of pyridine rings is 1. The van der Waals surface area contributed by atoms with Crippen LogP contribution in [-0.4, -0.2) is 48.2 Å². The second-order valence-corrected chi connectivity index (χ2v) is 5.61. The van der Waals surface area contributed by atoms with Gasteiger partial charge in [0.2, 0.25) is 0 Å². The second-order valence-electron chi connectivity index (χ2n) is 5.61. The Bertz CT molecular complexity index is 671. The second kappa shape index (κ2) is 6.75. The summed E-state index contributed by atoms with van der Waals surface area (Å²) in [5.41, 5.74) is 8.14. The lowest BCUT2D eigenvalue weighted by molar-refractivity contribution is 0.00530. The van der Waals surface area contributed by atoms with Crippen molar-refractivity contribution >= 4 is 16.9 Å². The highest BCUT2D eigenvalue weighted by atomic mass is 16.5. The monoisotopic (exact) mass is 298 g/mol. The van der Waals surface area contributed by atoms with E-state index in [-0.39, 0.29) is 6.10 Å². The summed E-state index contributed by atoms with van der Waals surface area (Å²) in [6.45, 7) is 5.04. The number of guanidine groups is 1. The molecule has 1 atom stereocenters. The molecule has 0 bridgehead atoms. The van der Waals surface area contributed by atoms with Crippen molar-refractivity contribution in [1.29, 1.82) is 0 Å². The van der Waals surface area contributed by atoms with Gasteiger partial charge < -0.3 is 15.4 Å². The molecule has 0 aliphatic carbocycles. The molecule has 0 spiro atoms. The Balaban J connectivity index is 1.60. The third kappa shape index (κ3) is 3.54. The highest BCUT2D eigenvalue weighted by Crippen LogP contribution is 2.12. The fraction of sp³-hybridized carbons (Fsp3) is 0.412. The van der Waals surface area contributed by atoms with Crippen molar-refractivity contribution in [3.63, 3.8) is 0 Å². The lowest BCUT2D eigenvalue weighted by atomic mass is 10.2. The van der Waals surface area contributed by atoms with Crippen LogP contribution in [0.15, 0.2) is 41.4 Å². The van der Waals surface area contributed by atoms with Gasteiger partial charge in [-0.15, -0.1) is 0 Å². The molecule has 1 aromatic carbocycles. The van der Waals surface area contributed by atoms with Gasteiger partial charge in [-0.2, -0.15) is 0 Å². The zero-order valence-corrected chi connectivity index (χ0v) is 12.9. The average Bonchev–Trinajstić information content (AvgIpc) is 2.54. The number of aromatic nitrogens is 1. The van der Waals surface area contributed by atoms with Gasteiger partial charge in [0, 0.05) is 37.1 Å². The first kappa shape index (κ1) is 14.8. The molecule has 2 heterocycles. The SMILES string of the molecule is CC1CN(C(N)=NCCc2ccc3ccccc3n2)CCO1. The van der Waals surface area contributed by atoms with Crippen molar-refractivity contribution in [1.82, 2.24) is 9.88 Å². The van der Waals surface area contributed by atoms with E-state index >= 15 is 0 Å². The van der Waals surface area contributed by atoms with Gasteiger partial charge in [-0.05, 0) is 19.1 Å². The van der Waals surface area contributed by atoms with E-state index in [1.807, 2.05) is 18.2 Å². The van der Waals surface area contributed by atoms with Crippen molar-refractivity contribution in [2.24, 2.45) is 10.7 Å². The van der Waals surface area contributed by atoms with Crippen LogP contribution in [0.4, 0.5) is 0 Å². The molecular formula is C17H22N4O. The maximum Gasteiger partial charge on any atom is 0.191 e. The number of nitrogens with two attached hydrogens (primary N) is 1. The molecule has 5 heteroatoms. The first-order valence-electron chi connectivity index (χ1n) is 7.73. The molecule has 3 rings (SSSR count). The number of fused-ring (bicyclic) bond motifs is 1. The predicted octanol–water partition coefficient (Wildman–Crippen LogP) is 1.81. The summed E-state index contributed by atoms with van der Waals surface area (Å²) < 4.78 is 5.51. The Morgan fingerprint density at radius 3 is 3.09 bits per heavy atom. The summed E-state index contributed by atoms with van der Waals surface area (Å²) in [5.74, 6) is 0.607. The molecule has 1 fully saturated rings. The number of ether oxygens (including phenoxy) is 1. The van der Waals surface area contributed by atoms with Gasteiger partial charge in [-0.1, -0.05) is 24.3 Å². The smallest absolute Gasteiger partial charge is 0.191 e. The first-order chi connectivity index (χ1) is 10.7. The van der Waals surface area contributed by atoms with Crippen molar-refractivity contribution < 1.29 is 4.74 Å². The van der Waals surface area contributed by atoms with E-state index in [2.05, 4.69) is 40.0 Å². The van der Waals surface area contributed by atoms with Crippen molar-refractivity contribution in [2.45, 2.75) is 19.4 Å². The van der Waals surface area contributed by atoms with Gasteiger partial charge in [0.25, 0.3) is 0 Å². The van der Waals surface area contributed by atoms with Crippen molar-refractivity contribution in [2.75, 3.05) is 26.2 Å². The normalized spacial score (nSPS) is 19.6. The Labute approximate surface area is 130 Å². The van der Waals surface area contributed by atoms with Gasteiger partial charge >= 0.3 is 0 Å². The number of nitrogens with zero attached hydrogens (tertiary/aromatic N) is 3. The van der Waals surface area contributed by atoms with E-state index in [0.29, 0.717) is 19.1 Å². The molecule has 22 heavy (non-hydrogen) atoms. The van der Waals surface area contributed by atoms with Crippen molar-refractivity contribution in [3.8, 4) is 0 Å². The maximum atomic E-state index is 6.07. The number of rotatable bonds is 3.